The summed E-state index contributed by atoms with van der Waals surface area (Å²) in [4.78, 5) is 1.30. The number of thioether (sulfide) groups is 1. The summed E-state index contributed by atoms with van der Waals surface area (Å²) in [6, 6.07) is 0.381. The first kappa shape index (κ1) is 13.8. The van der Waals surface area contributed by atoms with Crippen molar-refractivity contribution in [3.63, 3.8) is 0 Å². The molecule has 3 atom stereocenters. The quantitative estimate of drug-likeness (QED) is 0.929. The van der Waals surface area contributed by atoms with E-state index in [9.17, 15) is 0 Å². The molecule has 6 heteroatoms. The number of nitrogens with one attached hydrogen (secondary N) is 1. The molecule has 19 heavy (non-hydrogen) atoms. The van der Waals surface area contributed by atoms with Crippen molar-refractivity contribution in [1.82, 2.24) is 14.9 Å². The molecule has 1 aromatic rings. The third kappa shape index (κ3) is 2.68. The van der Waals surface area contributed by atoms with E-state index in [2.05, 4.69) is 28.9 Å². The fourth-order valence-electron chi connectivity index (χ4n) is 3.32. The first-order valence-corrected chi connectivity index (χ1v) is 8.85. The molecular formula is C13H21N3OS2. The SMILES string of the molecule is CNC(c1snnc1C)C1CCOC2(CCSC2)C1. The molecule has 0 aromatic carbocycles. The summed E-state index contributed by atoms with van der Waals surface area (Å²) >= 11 is 3.57. The van der Waals surface area contributed by atoms with Gasteiger partial charge in [0.25, 0.3) is 0 Å². The first-order valence-electron chi connectivity index (χ1n) is 6.92. The lowest BCUT2D eigenvalue weighted by atomic mass is 9.80. The number of hydrogen-bond donors (Lipinski definition) is 1. The van der Waals surface area contributed by atoms with Crippen LogP contribution >= 0.6 is 23.3 Å². The maximum Gasteiger partial charge on any atom is 0.0783 e. The molecule has 3 heterocycles. The van der Waals surface area contributed by atoms with Gasteiger partial charge in [0.1, 0.15) is 0 Å². The van der Waals surface area contributed by atoms with Gasteiger partial charge in [-0.3, -0.25) is 0 Å². The predicted molar refractivity (Wildman–Crippen MR) is 79.8 cm³/mol. The third-order valence-corrected chi connectivity index (χ3v) is 6.48. The number of rotatable bonds is 3. The van der Waals surface area contributed by atoms with Crippen LogP contribution in [0.15, 0.2) is 0 Å². The summed E-state index contributed by atoms with van der Waals surface area (Å²) in [5.74, 6) is 3.05. The average molecular weight is 299 g/mol. The topological polar surface area (TPSA) is 47.0 Å². The van der Waals surface area contributed by atoms with Crippen molar-refractivity contribution >= 4 is 23.3 Å². The Kier molecular flexibility index (Phi) is 4.12. The van der Waals surface area contributed by atoms with Crippen LogP contribution in [0.5, 0.6) is 0 Å². The molecule has 2 aliphatic rings. The maximum absolute atomic E-state index is 6.12. The van der Waals surface area contributed by atoms with E-state index in [0.717, 1.165) is 18.7 Å². The van der Waals surface area contributed by atoms with Crippen molar-refractivity contribution < 1.29 is 4.74 Å². The van der Waals surface area contributed by atoms with Crippen LogP contribution in [-0.4, -0.2) is 40.3 Å². The lowest BCUT2D eigenvalue weighted by Crippen LogP contribution is -2.43. The average Bonchev–Trinajstić information content (AvgIpc) is 3.02. The summed E-state index contributed by atoms with van der Waals surface area (Å²) in [7, 11) is 2.05. The molecule has 0 radical (unpaired) electrons. The molecule has 1 N–H and O–H groups in total. The lowest BCUT2D eigenvalue weighted by Gasteiger charge is -2.40. The highest BCUT2D eigenvalue weighted by Gasteiger charge is 2.43. The van der Waals surface area contributed by atoms with Gasteiger partial charge in [-0.05, 0) is 56.4 Å². The van der Waals surface area contributed by atoms with Crippen LogP contribution in [0, 0.1) is 12.8 Å². The van der Waals surface area contributed by atoms with Crippen LogP contribution in [0.4, 0.5) is 0 Å². The van der Waals surface area contributed by atoms with E-state index in [-0.39, 0.29) is 5.60 Å². The Morgan fingerprint density at radius 1 is 1.53 bits per heavy atom. The largest absolute Gasteiger partial charge is 0.374 e. The highest BCUT2D eigenvalue weighted by Crippen LogP contribution is 2.44. The van der Waals surface area contributed by atoms with Crippen molar-refractivity contribution in [3.8, 4) is 0 Å². The number of aryl methyl sites for hydroxylation is 1. The lowest BCUT2D eigenvalue weighted by molar-refractivity contribution is -0.0849. The van der Waals surface area contributed by atoms with Crippen molar-refractivity contribution in [1.29, 1.82) is 0 Å². The molecule has 2 saturated heterocycles. The number of hydrogen-bond acceptors (Lipinski definition) is 6. The van der Waals surface area contributed by atoms with Crippen molar-refractivity contribution in [2.24, 2.45) is 5.92 Å². The molecule has 4 nitrogen and oxygen atoms in total. The molecule has 0 amide bonds. The Balaban J connectivity index is 1.78. The van der Waals surface area contributed by atoms with Gasteiger partial charge in [-0.1, -0.05) is 4.49 Å². The van der Waals surface area contributed by atoms with Gasteiger partial charge < -0.3 is 10.1 Å². The summed E-state index contributed by atoms with van der Waals surface area (Å²) in [5.41, 5.74) is 1.22. The molecule has 1 spiro atoms. The van der Waals surface area contributed by atoms with Gasteiger partial charge in [0.05, 0.1) is 16.2 Å². The zero-order chi connectivity index (χ0) is 13.3. The Morgan fingerprint density at radius 2 is 2.42 bits per heavy atom. The van der Waals surface area contributed by atoms with E-state index in [1.807, 2.05) is 11.8 Å². The summed E-state index contributed by atoms with van der Waals surface area (Å²) < 4.78 is 10.2. The van der Waals surface area contributed by atoms with E-state index >= 15 is 0 Å². The molecule has 3 unspecified atom stereocenters. The first-order chi connectivity index (χ1) is 9.24. The van der Waals surface area contributed by atoms with Crippen LogP contribution in [0.2, 0.25) is 0 Å². The van der Waals surface area contributed by atoms with E-state index in [4.69, 9.17) is 4.74 Å². The Bertz CT molecular complexity index is 431. The second kappa shape index (κ2) is 5.68. The molecule has 106 valence electrons. The molecule has 0 aliphatic carbocycles. The van der Waals surface area contributed by atoms with Gasteiger partial charge in [-0.25, -0.2) is 0 Å². The molecule has 2 fully saturated rings. The van der Waals surface area contributed by atoms with E-state index in [1.54, 1.807) is 0 Å². The zero-order valence-electron chi connectivity index (χ0n) is 11.5. The highest BCUT2D eigenvalue weighted by atomic mass is 32.2. The molecule has 2 aliphatic heterocycles. The van der Waals surface area contributed by atoms with E-state index in [1.165, 1.54) is 40.8 Å². The molecule has 0 saturated carbocycles. The second-order valence-corrected chi connectivity index (χ2v) is 7.47. The van der Waals surface area contributed by atoms with Crippen molar-refractivity contribution in [2.75, 3.05) is 25.2 Å². The number of aromatic nitrogens is 2. The Labute approximate surface area is 122 Å². The van der Waals surface area contributed by atoms with Gasteiger partial charge in [0.15, 0.2) is 0 Å². The number of nitrogens with zero attached hydrogens (tertiary/aromatic N) is 2. The Morgan fingerprint density at radius 3 is 3.05 bits per heavy atom. The van der Waals surface area contributed by atoms with Crippen LogP contribution in [0.25, 0.3) is 0 Å². The monoisotopic (exact) mass is 299 g/mol. The molecular weight excluding hydrogens is 278 g/mol. The maximum atomic E-state index is 6.12. The van der Waals surface area contributed by atoms with Crippen LogP contribution in [0.1, 0.15) is 35.9 Å². The number of ether oxygens (including phenoxy) is 1. The Hall–Kier alpha value is -0.170. The smallest absolute Gasteiger partial charge is 0.0783 e. The fourth-order valence-corrected chi connectivity index (χ4v) is 5.54. The summed E-state index contributed by atoms with van der Waals surface area (Å²) in [5, 5.41) is 7.65. The molecule has 1 aromatic heterocycles. The van der Waals surface area contributed by atoms with Gasteiger partial charge in [-0.2, -0.15) is 11.8 Å². The van der Waals surface area contributed by atoms with Crippen molar-refractivity contribution in [3.05, 3.63) is 10.6 Å². The fraction of sp³-hybridized carbons (Fsp3) is 0.846. The van der Waals surface area contributed by atoms with Crippen LogP contribution < -0.4 is 5.32 Å². The predicted octanol–water partition coefficient (Wildman–Crippen LogP) is 2.41. The molecule has 0 bridgehead atoms. The van der Waals surface area contributed by atoms with Gasteiger partial charge in [0, 0.05) is 18.4 Å². The second-order valence-electron chi connectivity index (χ2n) is 5.58. The minimum atomic E-state index is 0.148. The van der Waals surface area contributed by atoms with Crippen molar-refractivity contribution in [2.45, 2.75) is 37.8 Å². The third-order valence-electron chi connectivity index (χ3n) is 4.35. The highest BCUT2D eigenvalue weighted by molar-refractivity contribution is 7.99. The van der Waals surface area contributed by atoms with Crippen LogP contribution in [0.3, 0.4) is 0 Å². The standard InChI is InChI=1S/C13H21N3OS2/c1-9-12(19-16-15-9)11(14-2)10-3-5-17-13(7-10)4-6-18-8-13/h10-11,14H,3-8H2,1-2H3. The minimum Gasteiger partial charge on any atom is -0.374 e. The molecule has 3 rings (SSSR count). The summed E-state index contributed by atoms with van der Waals surface area (Å²) in [6.07, 6.45) is 3.52. The van der Waals surface area contributed by atoms with Gasteiger partial charge in [0.2, 0.25) is 0 Å². The normalized spacial score (nSPS) is 32.8. The van der Waals surface area contributed by atoms with E-state index in [0.29, 0.717) is 12.0 Å². The van der Waals surface area contributed by atoms with Crippen LogP contribution in [-0.2, 0) is 4.74 Å². The summed E-state index contributed by atoms with van der Waals surface area (Å²) in [6.45, 7) is 2.96. The van der Waals surface area contributed by atoms with Gasteiger partial charge >= 0.3 is 0 Å². The zero-order valence-corrected chi connectivity index (χ0v) is 13.1. The van der Waals surface area contributed by atoms with Gasteiger partial charge in [-0.15, -0.1) is 5.10 Å². The van der Waals surface area contributed by atoms with E-state index < -0.39 is 0 Å². The minimum absolute atomic E-state index is 0.148.